The minimum Gasteiger partial charge on any atom is -0.385 e. The van der Waals surface area contributed by atoms with Crippen LogP contribution in [0.1, 0.15) is 23.1 Å². The van der Waals surface area contributed by atoms with Crippen molar-refractivity contribution in [2.75, 3.05) is 13.7 Å². The fraction of sp³-hybridized carbons (Fsp3) is 0.143. The third-order valence-corrected chi connectivity index (χ3v) is 5.35. The van der Waals surface area contributed by atoms with Crippen molar-refractivity contribution in [3.63, 3.8) is 0 Å². The highest BCUT2D eigenvalue weighted by atomic mass is 19.2. The number of fused-ring (bicyclic) bond motifs is 1. The third-order valence-electron chi connectivity index (χ3n) is 5.35. The highest BCUT2D eigenvalue weighted by Crippen LogP contribution is 2.25. The second kappa shape index (κ2) is 9.89. The number of benzene rings is 4. The van der Waals surface area contributed by atoms with Gasteiger partial charge in [0.25, 0.3) is 0 Å². The number of halogens is 4. The molecular formula is C28H20F4O. The monoisotopic (exact) mass is 448 g/mol. The largest absolute Gasteiger partial charge is 0.385 e. The topological polar surface area (TPSA) is 9.23 Å². The summed E-state index contributed by atoms with van der Waals surface area (Å²) in [5, 5.41) is 0.952. The Morgan fingerprint density at radius 3 is 2.00 bits per heavy atom. The maximum atomic E-state index is 14.7. The van der Waals surface area contributed by atoms with Crippen molar-refractivity contribution in [1.29, 1.82) is 0 Å². The van der Waals surface area contributed by atoms with Crippen LogP contribution in [0.15, 0.2) is 66.7 Å². The van der Waals surface area contributed by atoms with Crippen molar-refractivity contribution in [3.05, 3.63) is 107 Å². The number of rotatable bonds is 5. The SMILES string of the molecule is COCCCc1ccc(-c2cc(F)c(C#Cc3ccc4cc(F)c(F)cc4c3)c(F)c2)cc1. The molecule has 33 heavy (non-hydrogen) atoms. The molecule has 0 amide bonds. The molecule has 0 aliphatic heterocycles. The quantitative estimate of drug-likeness (QED) is 0.181. The fourth-order valence-corrected chi connectivity index (χ4v) is 3.60. The summed E-state index contributed by atoms with van der Waals surface area (Å²) in [6.45, 7) is 0.676. The Balaban J connectivity index is 1.58. The van der Waals surface area contributed by atoms with Gasteiger partial charge in [-0.1, -0.05) is 42.2 Å². The van der Waals surface area contributed by atoms with Gasteiger partial charge in [0.1, 0.15) is 11.6 Å². The molecule has 0 spiro atoms. The van der Waals surface area contributed by atoms with E-state index in [0.717, 1.165) is 30.5 Å². The van der Waals surface area contributed by atoms with Gasteiger partial charge in [0.05, 0.1) is 5.56 Å². The molecule has 0 N–H and O–H groups in total. The van der Waals surface area contributed by atoms with E-state index in [0.29, 0.717) is 34.1 Å². The minimum atomic E-state index is -0.969. The highest BCUT2D eigenvalue weighted by molar-refractivity contribution is 5.84. The molecule has 0 saturated heterocycles. The summed E-state index contributed by atoms with van der Waals surface area (Å²) >= 11 is 0. The Morgan fingerprint density at radius 2 is 1.33 bits per heavy atom. The van der Waals surface area contributed by atoms with Crippen LogP contribution < -0.4 is 0 Å². The summed E-state index contributed by atoms with van der Waals surface area (Å²) in [6, 6.07) is 16.9. The molecule has 0 heterocycles. The number of methoxy groups -OCH3 is 1. The zero-order valence-corrected chi connectivity index (χ0v) is 17.9. The van der Waals surface area contributed by atoms with E-state index < -0.39 is 23.3 Å². The Labute approximate surface area is 189 Å². The highest BCUT2D eigenvalue weighted by Gasteiger charge is 2.11. The lowest BCUT2D eigenvalue weighted by atomic mass is 10.00. The first-order valence-corrected chi connectivity index (χ1v) is 10.4. The molecule has 0 saturated carbocycles. The predicted octanol–water partition coefficient (Wildman–Crippen LogP) is 7.04. The predicted molar refractivity (Wildman–Crippen MR) is 122 cm³/mol. The summed E-state index contributed by atoms with van der Waals surface area (Å²) in [6.07, 6.45) is 1.76. The zero-order chi connectivity index (χ0) is 23.4. The number of hydrogen-bond acceptors (Lipinski definition) is 1. The van der Waals surface area contributed by atoms with Crippen LogP contribution in [0.5, 0.6) is 0 Å². The Bertz CT molecular complexity index is 1340. The molecule has 4 aromatic rings. The van der Waals surface area contributed by atoms with Crippen LogP contribution in [-0.4, -0.2) is 13.7 Å². The first-order chi connectivity index (χ1) is 15.9. The third kappa shape index (κ3) is 5.24. The maximum absolute atomic E-state index is 14.7. The molecule has 0 aliphatic rings. The average Bonchev–Trinajstić information content (AvgIpc) is 2.80. The molecule has 4 aromatic carbocycles. The van der Waals surface area contributed by atoms with Crippen molar-refractivity contribution in [2.24, 2.45) is 0 Å². The maximum Gasteiger partial charge on any atom is 0.159 e. The van der Waals surface area contributed by atoms with Gasteiger partial charge in [-0.05, 0) is 76.7 Å². The van der Waals surface area contributed by atoms with Gasteiger partial charge in [-0.25, -0.2) is 17.6 Å². The lowest BCUT2D eigenvalue weighted by Crippen LogP contribution is -1.94. The summed E-state index contributed by atoms with van der Waals surface area (Å²) in [4.78, 5) is 0. The Morgan fingerprint density at radius 1 is 0.667 bits per heavy atom. The van der Waals surface area contributed by atoms with Gasteiger partial charge in [0, 0.05) is 19.3 Å². The normalized spacial score (nSPS) is 10.8. The van der Waals surface area contributed by atoms with E-state index in [1.54, 1.807) is 25.3 Å². The zero-order valence-electron chi connectivity index (χ0n) is 17.9. The van der Waals surface area contributed by atoms with Crippen molar-refractivity contribution in [1.82, 2.24) is 0 Å². The van der Waals surface area contributed by atoms with Gasteiger partial charge in [0.2, 0.25) is 0 Å². The molecule has 5 heteroatoms. The van der Waals surface area contributed by atoms with Crippen LogP contribution in [0.2, 0.25) is 0 Å². The van der Waals surface area contributed by atoms with E-state index in [9.17, 15) is 17.6 Å². The van der Waals surface area contributed by atoms with Crippen molar-refractivity contribution < 1.29 is 22.3 Å². The van der Waals surface area contributed by atoms with E-state index in [-0.39, 0.29) is 5.56 Å². The standard InChI is InChI=1S/C28H20F4O/c1-33-12-2-3-18-4-8-20(9-5-18)23-15-25(29)24(26(30)16-23)11-7-19-6-10-21-14-27(31)28(32)17-22(21)13-19/h4-6,8-10,13-17H,2-3,12H2,1H3. The van der Waals surface area contributed by atoms with Gasteiger partial charge in [-0.15, -0.1) is 0 Å². The molecule has 166 valence electrons. The molecule has 0 radical (unpaired) electrons. The van der Waals surface area contributed by atoms with Gasteiger partial charge in [-0.3, -0.25) is 0 Å². The summed E-state index contributed by atoms with van der Waals surface area (Å²) in [7, 11) is 1.66. The molecule has 1 nitrogen and oxygen atoms in total. The molecule has 4 rings (SSSR count). The molecule has 0 atom stereocenters. The number of ether oxygens (including phenoxy) is 1. The summed E-state index contributed by atoms with van der Waals surface area (Å²) < 4.78 is 61.3. The minimum absolute atomic E-state index is 0.347. The lowest BCUT2D eigenvalue weighted by molar-refractivity contribution is 0.195. The molecule has 0 bridgehead atoms. The Hall–Kier alpha value is -3.62. The van der Waals surface area contributed by atoms with Crippen molar-refractivity contribution >= 4 is 10.8 Å². The van der Waals surface area contributed by atoms with Gasteiger partial charge in [0.15, 0.2) is 11.6 Å². The van der Waals surface area contributed by atoms with Gasteiger partial charge in [-0.2, -0.15) is 0 Å². The number of hydrogen-bond donors (Lipinski definition) is 0. The van der Waals surface area contributed by atoms with Gasteiger partial charge < -0.3 is 4.74 Å². The van der Waals surface area contributed by atoms with Crippen LogP contribution in [-0.2, 0) is 11.2 Å². The molecule has 0 aliphatic carbocycles. The van der Waals surface area contributed by atoms with Crippen LogP contribution in [0.25, 0.3) is 21.9 Å². The fourth-order valence-electron chi connectivity index (χ4n) is 3.60. The molecule has 0 unspecified atom stereocenters. The molecule has 0 fully saturated rings. The first kappa shape index (κ1) is 22.6. The Kier molecular flexibility index (Phi) is 6.76. The van der Waals surface area contributed by atoms with E-state index >= 15 is 0 Å². The van der Waals surface area contributed by atoms with Crippen LogP contribution in [0.4, 0.5) is 17.6 Å². The molecular weight excluding hydrogens is 428 g/mol. The van der Waals surface area contributed by atoms with E-state index in [1.807, 2.05) is 24.3 Å². The number of aryl methyl sites for hydroxylation is 1. The van der Waals surface area contributed by atoms with Crippen LogP contribution in [0, 0.1) is 35.1 Å². The van der Waals surface area contributed by atoms with Crippen LogP contribution >= 0.6 is 0 Å². The van der Waals surface area contributed by atoms with E-state index in [2.05, 4.69) is 11.8 Å². The van der Waals surface area contributed by atoms with E-state index in [4.69, 9.17) is 4.74 Å². The van der Waals surface area contributed by atoms with Crippen molar-refractivity contribution in [2.45, 2.75) is 12.8 Å². The van der Waals surface area contributed by atoms with E-state index in [1.165, 1.54) is 12.1 Å². The average molecular weight is 448 g/mol. The second-order valence-corrected chi connectivity index (χ2v) is 7.69. The van der Waals surface area contributed by atoms with Crippen molar-refractivity contribution in [3.8, 4) is 23.0 Å². The van der Waals surface area contributed by atoms with Crippen LogP contribution in [0.3, 0.4) is 0 Å². The smallest absolute Gasteiger partial charge is 0.159 e. The summed E-state index contributed by atoms with van der Waals surface area (Å²) in [5.41, 5.74) is 2.33. The lowest BCUT2D eigenvalue weighted by Gasteiger charge is -2.07. The first-order valence-electron chi connectivity index (χ1n) is 10.4. The summed E-state index contributed by atoms with van der Waals surface area (Å²) in [5.74, 6) is 1.78. The second-order valence-electron chi connectivity index (χ2n) is 7.69. The van der Waals surface area contributed by atoms with Gasteiger partial charge >= 0.3 is 0 Å². The molecule has 0 aromatic heterocycles.